The number of benzene rings is 1. The van der Waals surface area contributed by atoms with Crippen LogP contribution in [0.3, 0.4) is 0 Å². The van der Waals surface area contributed by atoms with E-state index in [4.69, 9.17) is 14.2 Å². The molecule has 0 atom stereocenters. The summed E-state index contributed by atoms with van der Waals surface area (Å²) in [7, 11) is 2.99. The highest BCUT2D eigenvalue weighted by Gasteiger charge is 2.33. The molecule has 0 spiro atoms. The number of rotatable bonds is 4. The zero-order valence-electron chi connectivity index (χ0n) is 13.6. The van der Waals surface area contributed by atoms with Gasteiger partial charge in [-0.3, -0.25) is 0 Å². The van der Waals surface area contributed by atoms with E-state index in [-0.39, 0.29) is 18.1 Å². The van der Waals surface area contributed by atoms with Crippen LogP contribution in [0.5, 0.6) is 17.2 Å². The Hall–Kier alpha value is -2.57. The minimum atomic E-state index is -0.421. The van der Waals surface area contributed by atoms with E-state index in [1.54, 1.807) is 13.8 Å². The quantitative estimate of drug-likeness (QED) is 0.841. The Bertz CT molecular complexity index is 794. The molecule has 0 fully saturated rings. The third kappa shape index (κ3) is 1.99. The van der Waals surface area contributed by atoms with Crippen LogP contribution < -0.4 is 14.8 Å². The van der Waals surface area contributed by atoms with E-state index in [2.05, 4.69) is 5.32 Å². The number of esters is 1. The lowest BCUT2D eigenvalue weighted by Gasteiger charge is -2.15. The smallest absolute Gasteiger partial charge is 0.342 e. The van der Waals surface area contributed by atoms with Gasteiger partial charge in [-0.05, 0) is 13.8 Å². The van der Waals surface area contributed by atoms with E-state index in [9.17, 15) is 9.90 Å². The molecule has 0 radical (unpaired) electrons. The van der Waals surface area contributed by atoms with Crippen molar-refractivity contribution >= 4 is 22.7 Å². The van der Waals surface area contributed by atoms with E-state index in [0.717, 1.165) is 5.52 Å². The fourth-order valence-electron chi connectivity index (χ4n) is 3.20. The highest BCUT2D eigenvalue weighted by atomic mass is 16.5. The highest BCUT2D eigenvalue weighted by Crippen LogP contribution is 2.50. The first-order valence-corrected chi connectivity index (χ1v) is 7.47. The van der Waals surface area contributed by atoms with Gasteiger partial charge in [0.25, 0.3) is 0 Å². The standard InChI is InChI=1S/C16H20N2O5/c1-5-23-16(20)10-9-8(2)12(19)14(22-4)13(21-3)11(9)18-7-6-17-15(10)18/h17,19H,5-7H2,1-4H3. The van der Waals surface area contributed by atoms with Crippen molar-refractivity contribution in [2.24, 2.45) is 0 Å². The van der Waals surface area contributed by atoms with Gasteiger partial charge in [-0.15, -0.1) is 0 Å². The van der Waals surface area contributed by atoms with Gasteiger partial charge in [0.2, 0.25) is 5.75 Å². The second kappa shape index (κ2) is 5.57. The molecule has 2 N–H and O–H groups in total. The molecule has 7 nitrogen and oxygen atoms in total. The van der Waals surface area contributed by atoms with Gasteiger partial charge in [0.05, 0.1) is 26.3 Å². The van der Waals surface area contributed by atoms with E-state index < -0.39 is 5.97 Å². The Morgan fingerprint density at radius 2 is 2.00 bits per heavy atom. The monoisotopic (exact) mass is 320 g/mol. The first kappa shape index (κ1) is 15.3. The number of phenolic OH excluding ortho intramolecular Hbond substituents is 1. The van der Waals surface area contributed by atoms with Gasteiger partial charge >= 0.3 is 5.97 Å². The highest BCUT2D eigenvalue weighted by molar-refractivity contribution is 6.14. The van der Waals surface area contributed by atoms with Gasteiger partial charge in [-0.25, -0.2) is 4.79 Å². The molecule has 23 heavy (non-hydrogen) atoms. The van der Waals surface area contributed by atoms with E-state index in [0.29, 0.717) is 41.2 Å². The van der Waals surface area contributed by atoms with Crippen LogP contribution in [-0.2, 0) is 11.3 Å². The summed E-state index contributed by atoms with van der Waals surface area (Å²) in [6.45, 7) is 5.19. The van der Waals surface area contributed by atoms with Crippen molar-refractivity contribution in [1.29, 1.82) is 0 Å². The van der Waals surface area contributed by atoms with Gasteiger partial charge in [-0.1, -0.05) is 0 Å². The van der Waals surface area contributed by atoms with Gasteiger partial charge in [0.1, 0.15) is 11.4 Å². The molecular formula is C16H20N2O5. The van der Waals surface area contributed by atoms with Gasteiger partial charge in [0.15, 0.2) is 11.5 Å². The Morgan fingerprint density at radius 1 is 1.30 bits per heavy atom. The molecule has 1 aromatic heterocycles. The fourth-order valence-corrected chi connectivity index (χ4v) is 3.20. The predicted molar refractivity (Wildman–Crippen MR) is 85.9 cm³/mol. The Kier molecular flexibility index (Phi) is 3.71. The second-order valence-corrected chi connectivity index (χ2v) is 5.29. The number of phenols is 1. The molecule has 1 aliphatic heterocycles. The first-order chi connectivity index (χ1) is 11.1. The van der Waals surface area contributed by atoms with Crippen LogP contribution in [0.4, 0.5) is 5.82 Å². The molecule has 2 aromatic rings. The molecule has 0 saturated heterocycles. The molecule has 0 aliphatic carbocycles. The summed E-state index contributed by atoms with van der Waals surface area (Å²) in [5, 5.41) is 14.3. The maximum Gasteiger partial charge on any atom is 0.342 e. The molecule has 7 heteroatoms. The van der Waals surface area contributed by atoms with Gasteiger partial charge in [0, 0.05) is 24.0 Å². The lowest BCUT2D eigenvalue weighted by Crippen LogP contribution is -2.07. The molecule has 2 heterocycles. The summed E-state index contributed by atoms with van der Waals surface area (Å²) in [6, 6.07) is 0. The lowest BCUT2D eigenvalue weighted by molar-refractivity contribution is 0.0529. The number of hydrogen-bond acceptors (Lipinski definition) is 6. The number of carbonyl (C=O) groups excluding carboxylic acids is 1. The Balaban J connectivity index is 2.46. The van der Waals surface area contributed by atoms with Crippen LogP contribution in [0, 0.1) is 6.92 Å². The molecule has 0 unspecified atom stereocenters. The van der Waals surface area contributed by atoms with Crippen LogP contribution in [0.15, 0.2) is 0 Å². The van der Waals surface area contributed by atoms with Crippen LogP contribution >= 0.6 is 0 Å². The first-order valence-electron chi connectivity index (χ1n) is 7.47. The molecule has 3 rings (SSSR count). The average molecular weight is 320 g/mol. The largest absolute Gasteiger partial charge is 0.504 e. The third-order valence-corrected chi connectivity index (χ3v) is 4.15. The summed E-state index contributed by atoms with van der Waals surface area (Å²) in [4.78, 5) is 12.5. The molecule has 0 saturated carbocycles. The summed E-state index contributed by atoms with van der Waals surface area (Å²) in [5.41, 5.74) is 1.71. The molecule has 0 bridgehead atoms. The van der Waals surface area contributed by atoms with Gasteiger partial charge in [-0.2, -0.15) is 0 Å². The van der Waals surface area contributed by atoms with Crippen molar-refractivity contribution in [1.82, 2.24) is 4.57 Å². The number of aromatic hydroxyl groups is 1. The third-order valence-electron chi connectivity index (χ3n) is 4.15. The van der Waals surface area contributed by atoms with E-state index in [1.807, 2.05) is 4.57 Å². The van der Waals surface area contributed by atoms with E-state index in [1.165, 1.54) is 14.2 Å². The predicted octanol–water partition coefficient (Wildman–Crippen LogP) is 2.27. The zero-order chi connectivity index (χ0) is 16.7. The number of anilines is 1. The minimum Gasteiger partial charge on any atom is -0.504 e. The van der Waals surface area contributed by atoms with Crippen molar-refractivity contribution in [3.8, 4) is 17.2 Å². The van der Waals surface area contributed by atoms with Crippen molar-refractivity contribution in [2.75, 3.05) is 32.7 Å². The SMILES string of the molecule is CCOC(=O)c1c2n(c3c(OC)c(OC)c(O)c(C)c13)CCN2. The fraction of sp³-hybridized carbons (Fsp3) is 0.438. The van der Waals surface area contributed by atoms with Crippen LogP contribution in [-0.4, -0.2) is 43.0 Å². The van der Waals surface area contributed by atoms with Crippen molar-refractivity contribution in [3.63, 3.8) is 0 Å². The number of nitrogens with one attached hydrogen (secondary N) is 1. The van der Waals surface area contributed by atoms with Crippen molar-refractivity contribution in [3.05, 3.63) is 11.1 Å². The molecule has 1 aromatic carbocycles. The number of aryl methyl sites for hydroxylation is 1. The number of ether oxygens (including phenoxy) is 3. The molecule has 1 aliphatic rings. The minimum absolute atomic E-state index is 0.0355. The number of fused-ring (bicyclic) bond motifs is 3. The summed E-state index contributed by atoms with van der Waals surface area (Å²) >= 11 is 0. The number of carbonyl (C=O) groups is 1. The number of hydrogen-bond donors (Lipinski definition) is 2. The number of nitrogens with zero attached hydrogens (tertiary/aromatic N) is 1. The maximum absolute atomic E-state index is 12.5. The molecule has 124 valence electrons. The van der Waals surface area contributed by atoms with Crippen molar-refractivity contribution < 1.29 is 24.1 Å². The Morgan fingerprint density at radius 3 is 2.61 bits per heavy atom. The lowest BCUT2D eigenvalue weighted by atomic mass is 10.0. The van der Waals surface area contributed by atoms with Crippen LogP contribution in [0.1, 0.15) is 22.8 Å². The Labute approximate surface area is 133 Å². The normalized spacial score (nSPS) is 12.9. The summed E-state index contributed by atoms with van der Waals surface area (Å²) in [5.74, 6) is 0.903. The number of aromatic nitrogens is 1. The van der Waals surface area contributed by atoms with E-state index >= 15 is 0 Å². The topological polar surface area (TPSA) is 82.0 Å². The zero-order valence-corrected chi connectivity index (χ0v) is 13.6. The summed E-state index contributed by atoms with van der Waals surface area (Å²) in [6.07, 6.45) is 0. The van der Waals surface area contributed by atoms with Crippen LogP contribution in [0.2, 0.25) is 0 Å². The van der Waals surface area contributed by atoms with Gasteiger partial charge < -0.3 is 29.2 Å². The molecular weight excluding hydrogens is 300 g/mol. The molecule has 0 amide bonds. The second-order valence-electron chi connectivity index (χ2n) is 5.29. The summed E-state index contributed by atoms with van der Waals surface area (Å²) < 4.78 is 18.0. The maximum atomic E-state index is 12.5. The van der Waals surface area contributed by atoms with Crippen LogP contribution in [0.25, 0.3) is 10.9 Å². The average Bonchev–Trinajstić information content (AvgIpc) is 3.11. The number of methoxy groups -OCH3 is 2. The van der Waals surface area contributed by atoms with Crippen molar-refractivity contribution in [2.45, 2.75) is 20.4 Å².